The summed E-state index contributed by atoms with van der Waals surface area (Å²) in [6.07, 6.45) is 24.2. The van der Waals surface area contributed by atoms with Gasteiger partial charge in [-0.1, -0.05) is 115 Å². The van der Waals surface area contributed by atoms with E-state index in [1.807, 2.05) is 6.07 Å². The van der Waals surface area contributed by atoms with Crippen LogP contribution in [0.4, 0.5) is 0 Å². The van der Waals surface area contributed by atoms with E-state index in [1.54, 1.807) is 0 Å². The Hall–Kier alpha value is -4.96. The van der Waals surface area contributed by atoms with E-state index in [0.29, 0.717) is 11.8 Å². The Kier molecular flexibility index (Phi) is 5.90. The summed E-state index contributed by atoms with van der Waals surface area (Å²) in [5.41, 5.74) is 7.72. The third kappa shape index (κ3) is 4.19. The SMILES string of the molecule is C/C=C1\C(=C2\OC3c4c2cc2ccccc2c4C=CC3C2=NC(C)(c3ccccc3)N=C(C3=CCC=CC=C3)N2)C=CC2CC12. The predicted molar refractivity (Wildman–Crippen MR) is 184 cm³/mol. The van der Waals surface area contributed by atoms with Gasteiger partial charge in [0.25, 0.3) is 0 Å². The molecule has 4 heteroatoms. The third-order valence-electron chi connectivity index (χ3n) is 10.1. The molecule has 1 saturated carbocycles. The summed E-state index contributed by atoms with van der Waals surface area (Å²) in [5, 5.41) is 6.21. The Balaban J connectivity index is 1.21. The molecule has 0 aromatic heterocycles. The number of hydrogen-bond acceptors (Lipinski definition) is 4. The van der Waals surface area contributed by atoms with Gasteiger partial charge in [0, 0.05) is 27.8 Å². The lowest BCUT2D eigenvalue weighted by atomic mass is 9.81. The Morgan fingerprint density at radius 3 is 2.71 bits per heavy atom. The van der Waals surface area contributed by atoms with E-state index < -0.39 is 5.66 Å². The van der Waals surface area contributed by atoms with Gasteiger partial charge in [-0.15, -0.1) is 0 Å². The number of ether oxygens (including phenoxy) is 1. The Morgan fingerprint density at radius 1 is 0.956 bits per heavy atom. The number of hydrogen-bond donors (Lipinski definition) is 1. The third-order valence-corrected chi connectivity index (χ3v) is 10.1. The molecule has 3 aromatic rings. The first kappa shape index (κ1) is 26.4. The summed E-state index contributed by atoms with van der Waals surface area (Å²) in [7, 11) is 0. The zero-order valence-corrected chi connectivity index (χ0v) is 25.6. The molecule has 6 aliphatic rings. The van der Waals surface area contributed by atoms with Gasteiger partial charge in [-0.25, -0.2) is 9.98 Å². The molecule has 0 radical (unpaired) electrons. The van der Waals surface area contributed by atoms with Crippen molar-refractivity contribution in [1.29, 1.82) is 0 Å². The smallest absolute Gasteiger partial charge is 0.177 e. The van der Waals surface area contributed by atoms with E-state index in [-0.39, 0.29) is 12.0 Å². The van der Waals surface area contributed by atoms with Crippen LogP contribution in [-0.4, -0.2) is 11.7 Å². The summed E-state index contributed by atoms with van der Waals surface area (Å²) in [4.78, 5) is 10.6. The molecule has 0 spiro atoms. The van der Waals surface area contributed by atoms with Crippen molar-refractivity contribution in [3.8, 4) is 0 Å². The number of amidine groups is 2. The Bertz CT molecular complexity index is 2050. The normalized spacial score (nSPS) is 31.4. The fourth-order valence-corrected chi connectivity index (χ4v) is 7.78. The highest BCUT2D eigenvalue weighted by Gasteiger charge is 2.46. The molecule has 1 N–H and O–H groups in total. The average molecular weight is 586 g/mol. The van der Waals surface area contributed by atoms with Crippen molar-refractivity contribution in [1.82, 2.24) is 5.32 Å². The molecular weight excluding hydrogens is 550 g/mol. The molecule has 2 heterocycles. The standard InChI is InChI=1S/C41H35N3O/c1-3-29-32(20-19-27-23-34(27)29)37-35-24-26-15-11-12-18-30(26)31-21-22-33(38(45-37)36(31)35)40-42-39(25-13-7-4-5-8-14-25)43-41(2,44-40)28-16-9-6-10-17-28/h3-7,9-22,24,27,33-34,38H,8,23H2,1-2H3,(H,42,43,44)/b29-3+,37-32+. The molecule has 5 atom stereocenters. The van der Waals surface area contributed by atoms with E-state index in [1.165, 1.54) is 45.0 Å². The molecule has 1 fully saturated rings. The van der Waals surface area contributed by atoms with Crippen molar-refractivity contribution in [2.24, 2.45) is 27.7 Å². The maximum atomic E-state index is 7.20. The van der Waals surface area contributed by atoms with Gasteiger partial charge in [0.1, 0.15) is 23.5 Å². The maximum absolute atomic E-state index is 7.20. The zero-order chi connectivity index (χ0) is 30.1. The number of benzene rings is 3. The van der Waals surface area contributed by atoms with E-state index in [0.717, 1.165) is 35.0 Å². The highest BCUT2D eigenvalue weighted by molar-refractivity contribution is 6.13. The first-order chi connectivity index (χ1) is 22.1. The number of rotatable bonds is 3. The van der Waals surface area contributed by atoms with Crippen LogP contribution in [0.15, 0.2) is 142 Å². The minimum Gasteiger partial charge on any atom is -0.483 e. The van der Waals surface area contributed by atoms with Gasteiger partial charge >= 0.3 is 0 Å². The van der Waals surface area contributed by atoms with Gasteiger partial charge in [-0.05, 0) is 66.5 Å². The minimum absolute atomic E-state index is 0.118. The van der Waals surface area contributed by atoms with E-state index in [4.69, 9.17) is 14.7 Å². The predicted octanol–water partition coefficient (Wildman–Crippen LogP) is 9.13. The average Bonchev–Trinajstić information content (AvgIpc) is 3.84. The second-order valence-corrected chi connectivity index (χ2v) is 12.9. The van der Waals surface area contributed by atoms with Gasteiger partial charge in [-0.3, -0.25) is 0 Å². The monoisotopic (exact) mass is 585 g/mol. The van der Waals surface area contributed by atoms with Gasteiger partial charge in [0.05, 0.1) is 5.92 Å². The van der Waals surface area contributed by atoms with E-state index in [9.17, 15) is 0 Å². The molecular formula is C41H35N3O. The highest BCUT2D eigenvalue weighted by atomic mass is 16.5. The lowest BCUT2D eigenvalue weighted by Crippen LogP contribution is -2.45. The van der Waals surface area contributed by atoms with E-state index in [2.05, 4.69) is 135 Å². The number of allylic oxidation sites excluding steroid dienone is 9. The van der Waals surface area contributed by atoms with Crippen molar-refractivity contribution >= 4 is 34.3 Å². The number of nitrogens with one attached hydrogen (secondary N) is 1. The first-order valence-electron chi connectivity index (χ1n) is 16.2. The molecule has 3 aromatic carbocycles. The number of aliphatic imine (C=N–C) groups is 2. The second-order valence-electron chi connectivity index (χ2n) is 12.9. The van der Waals surface area contributed by atoms with Gasteiger partial charge in [0.2, 0.25) is 0 Å². The van der Waals surface area contributed by atoms with Crippen molar-refractivity contribution in [2.45, 2.75) is 38.5 Å². The van der Waals surface area contributed by atoms with Crippen LogP contribution in [0, 0.1) is 17.8 Å². The van der Waals surface area contributed by atoms with Crippen LogP contribution < -0.4 is 5.32 Å². The molecule has 9 rings (SSSR count). The lowest BCUT2D eigenvalue weighted by molar-refractivity contribution is 0.165. The van der Waals surface area contributed by atoms with Crippen molar-refractivity contribution in [2.75, 3.05) is 0 Å². The van der Waals surface area contributed by atoms with Crippen LogP contribution >= 0.6 is 0 Å². The molecule has 0 amide bonds. The van der Waals surface area contributed by atoms with Gasteiger partial charge in [-0.2, -0.15) is 0 Å². The van der Waals surface area contributed by atoms with Crippen molar-refractivity contribution in [3.05, 3.63) is 154 Å². The summed E-state index contributed by atoms with van der Waals surface area (Å²) in [6.45, 7) is 4.28. The van der Waals surface area contributed by atoms with Crippen molar-refractivity contribution < 1.29 is 4.74 Å². The largest absolute Gasteiger partial charge is 0.483 e. The quantitative estimate of drug-likeness (QED) is 0.333. The summed E-state index contributed by atoms with van der Waals surface area (Å²) < 4.78 is 7.20. The molecule has 4 nitrogen and oxygen atoms in total. The molecule has 5 unspecified atom stereocenters. The van der Waals surface area contributed by atoms with Crippen LogP contribution in [0.5, 0.6) is 0 Å². The molecule has 0 bridgehead atoms. The Morgan fingerprint density at radius 2 is 1.82 bits per heavy atom. The highest BCUT2D eigenvalue weighted by Crippen LogP contribution is 2.56. The first-order valence-corrected chi connectivity index (χ1v) is 16.2. The van der Waals surface area contributed by atoms with Crippen LogP contribution in [-0.2, 0) is 10.4 Å². The zero-order valence-electron chi connectivity index (χ0n) is 25.6. The fraction of sp³-hybridized carbons (Fsp3) is 0.220. The topological polar surface area (TPSA) is 46.0 Å². The van der Waals surface area contributed by atoms with Gasteiger partial charge in [0.15, 0.2) is 5.66 Å². The molecule has 45 heavy (non-hydrogen) atoms. The van der Waals surface area contributed by atoms with E-state index >= 15 is 0 Å². The fourth-order valence-electron chi connectivity index (χ4n) is 7.78. The molecule has 220 valence electrons. The molecule has 2 aliphatic heterocycles. The summed E-state index contributed by atoms with van der Waals surface area (Å²) >= 11 is 0. The second kappa shape index (κ2) is 10.0. The number of nitrogens with zero attached hydrogens (tertiary/aromatic N) is 2. The van der Waals surface area contributed by atoms with Crippen molar-refractivity contribution in [3.63, 3.8) is 0 Å². The molecule has 4 aliphatic carbocycles. The Labute approximate surface area is 264 Å². The lowest BCUT2D eigenvalue weighted by Gasteiger charge is -2.35. The van der Waals surface area contributed by atoms with Crippen LogP contribution in [0.1, 0.15) is 55.0 Å². The number of fused-ring (bicyclic) bond motifs is 3. The van der Waals surface area contributed by atoms with Crippen LogP contribution in [0.2, 0.25) is 0 Å². The summed E-state index contributed by atoms with van der Waals surface area (Å²) in [5.74, 6) is 3.88. The maximum Gasteiger partial charge on any atom is 0.177 e. The summed E-state index contributed by atoms with van der Waals surface area (Å²) in [6, 6.07) is 21.5. The van der Waals surface area contributed by atoms with Crippen LogP contribution in [0.25, 0.3) is 22.6 Å². The van der Waals surface area contributed by atoms with Crippen LogP contribution in [0.3, 0.4) is 0 Å². The van der Waals surface area contributed by atoms with Gasteiger partial charge < -0.3 is 10.1 Å². The minimum atomic E-state index is -0.781. The molecule has 0 saturated heterocycles.